The normalized spacial score (nSPS) is 21.0. The fourth-order valence-corrected chi connectivity index (χ4v) is 3.81. The van der Waals surface area contributed by atoms with Crippen molar-refractivity contribution in [2.45, 2.75) is 31.8 Å². The van der Waals surface area contributed by atoms with E-state index >= 15 is 0 Å². The minimum atomic E-state index is 0.150. The minimum absolute atomic E-state index is 0.150. The van der Waals surface area contributed by atoms with Crippen LogP contribution in [0, 0.1) is 0 Å². The second kappa shape index (κ2) is 4.72. The van der Waals surface area contributed by atoms with Gasteiger partial charge in [-0.15, -0.1) is 0 Å². The number of aromatic amines is 1. The van der Waals surface area contributed by atoms with E-state index in [1.54, 1.807) is 0 Å². The molecule has 2 nitrogen and oxygen atoms in total. The summed E-state index contributed by atoms with van der Waals surface area (Å²) in [7, 11) is 2.25. The van der Waals surface area contributed by atoms with Gasteiger partial charge in [-0.3, -0.25) is 4.90 Å². The maximum absolute atomic E-state index is 3.44. The standard InChI is InChI=1S/C20H22N2/c1-20(2)12-14-8-4-5-9-15(14)19(22(20)3)17-13-21-18-11-7-6-10-16(17)18/h4-11,13,19,21H,12H2,1-3H3/t19-/m1/s1. The van der Waals surface area contributed by atoms with Gasteiger partial charge in [-0.25, -0.2) is 0 Å². The Balaban J connectivity index is 1.96. The smallest absolute Gasteiger partial charge is 0.0627 e. The molecule has 0 radical (unpaired) electrons. The van der Waals surface area contributed by atoms with Crippen LogP contribution in [0.15, 0.2) is 54.7 Å². The molecule has 0 amide bonds. The van der Waals surface area contributed by atoms with E-state index in [-0.39, 0.29) is 5.54 Å². The Bertz CT molecular complexity index is 828. The summed E-state index contributed by atoms with van der Waals surface area (Å²) in [6.45, 7) is 4.68. The molecule has 0 spiro atoms. The van der Waals surface area contributed by atoms with Gasteiger partial charge in [0.05, 0.1) is 6.04 Å². The third kappa shape index (κ3) is 1.91. The molecular formula is C20H22N2. The van der Waals surface area contributed by atoms with Gasteiger partial charge in [0.2, 0.25) is 0 Å². The Hall–Kier alpha value is -2.06. The van der Waals surface area contributed by atoms with Gasteiger partial charge in [-0.1, -0.05) is 42.5 Å². The molecule has 1 aliphatic rings. The van der Waals surface area contributed by atoms with Gasteiger partial charge in [0.15, 0.2) is 0 Å². The number of hydrogen-bond acceptors (Lipinski definition) is 1. The first kappa shape index (κ1) is 13.6. The van der Waals surface area contributed by atoms with Crippen LogP contribution in [0.5, 0.6) is 0 Å². The molecule has 0 bridgehead atoms. The SMILES string of the molecule is CN1[C@@H](c2c[nH]c3ccccc23)c2ccccc2CC1(C)C. The molecular weight excluding hydrogens is 268 g/mol. The number of H-pyrrole nitrogens is 1. The molecule has 0 aliphatic carbocycles. The molecule has 2 aromatic carbocycles. The summed E-state index contributed by atoms with van der Waals surface area (Å²) in [4.78, 5) is 5.96. The lowest BCUT2D eigenvalue weighted by molar-refractivity contribution is 0.106. The number of likely N-dealkylation sites (N-methyl/N-ethyl adjacent to an activating group) is 1. The van der Waals surface area contributed by atoms with Crippen molar-refractivity contribution in [1.82, 2.24) is 9.88 Å². The first-order chi connectivity index (χ1) is 10.6. The van der Waals surface area contributed by atoms with Gasteiger partial charge < -0.3 is 4.98 Å². The Morgan fingerprint density at radius 3 is 2.59 bits per heavy atom. The molecule has 0 fully saturated rings. The lowest BCUT2D eigenvalue weighted by atomic mass is 9.79. The first-order valence-electron chi connectivity index (χ1n) is 7.95. The monoisotopic (exact) mass is 290 g/mol. The highest BCUT2D eigenvalue weighted by atomic mass is 15.2. The summed E-state index contributed by atoms with van der Waals surface area (Å²) in [5.74, 6) is 0. The van der Waals surface area contributed by atoms with E-state index in [2.05, 4.69) is 85.5 Å². The second-order valence-corrected chi connectivity index (χ2v) is 6.99. The van der Waals surface area contributed by atoms with Crippen molar-refractivity contribution in [1.29, 1.82) is 0 Å². The van der Waals surface area contributed by atoms with Crippen LogP contribution in [0.2, 0.25) is 0 Å². The van der Waals surface area contributed by atoms with Crippen molar-refractivity contribution in [2.24, 2.45) is 0 Å². The van der Waals surface area contributed by atoms with Crippen molar-refractivity contribution in [3.8, 4) is 0 Å². The van der Waals surface area contributed by atoms with Crippen LogP contribution < -0.4 is 0 Å². The summed E-state index contributed by atoms with van der Waals surface area (Å²) in [5, 5.41) is 1.33. The lowest BCUT2D eigenvalue weighted by Gasteiger charge is -2.46. The summed E-state index contributed by atoms with van der Waals surface area (Å²) < 4.78 is 0. The average Bonchev–Trinajstić information content (AvgIpc) is 2.92. The predicted molar refractivity (Wildman–Crippen MR) is 92.1 cm³/mol. The molecule has 112 valence electrons. The van der Waals surface area contributed by atoms with Gasteiger partial charge in [-0.05, 0) is 50.1 Å². The third-order valence-corrected chi connectivity index (χ3v) is 5.23. The van der Waals surface area contributed by atoms with Crippen LogP contribution in [0.25, 0.3) is 10.9 Å². The summed E-state index contributed by atoms with van der Waals surface area (Å²) in [5.41, 5.74) is 5.65. The zero-order valence-corrected chi connectivity index (χ0v) is 13.4. The van der Waals surface area contributed by atoms with Crippen molar-refractivity contribution in [3.05, 3.63) is 71.4 Å². The molecule has 2 heteroatoms. The number of nitrogens with zero attached hydrogens (tertiary/aromatic N) is 1. The van der Waals surface area contributed by atoms with Crippen LogP contribution in [0.3, 0.4) is 0 Å². The topological polar surface area (TPSA) is 19.0 Å². The summed E-state index contributed by atoms with van der Waals surface area (Å²) >= 11 is 0. The van der Waals surface area contributed by atoms with Crippen LogP contribution in [0.1, 0.15) is 36.6 Å². The molecule has 1 aliphatic heterocycles. The number of hydrogen-bond donors (Lipinski definition) is 1. The van der Waals surface area contributed by atoms with Gasteiger partial charge in [0.1, 0.15) is 0 Å². The van der Waals surface area contributed by atoms with Gasteiger partial charge in [0.25, 0.3) is 0 Å². The van der Waals surface area contributed by atoms with Crippen molar-refractivity contribution in [2.75, 3.05) is 7.05 Å². The molecule has 1 N–H and O–H groups in total. The van der Waals surface area contributed by atoms with E-state index in [4.69, 9.17) is 0 Å². The first-order valence-corrected chi connectivity index (χ1v) is 7.95. The number of fused-ring (bicyclic) bond motifs is 2. The maximum atomic E-state index is 3.44. The Kier molecular flexibility index (Phi) is 2.92. The Morgan fingerprint density at radius 1 is 1.00 bits per heavy atom. The third-order valence-electron chi connectivity index (χ3n) is 5.23. The quantitative estimate of drug-likeness (QED) is 0.698. The lowest BCUT2D eigenvalue weighted by Crippen LogP contribution is -2.48. The largest absolute Gasteiger partial charge is 0.361 e. The van der Waals surface area contributed by atoms with E-state index in [1.165, 1.54) is 27.6 Å². The van der Waals surface area contributed by atoms with Gasteiger partial charge in [-0.2, -0.15) is 0 Å². The molecule has 0 unspecified atom stereocenters. The van der Waals surface area contributed by atoms with E-state index in [9.17, 15) is 0 Å². The van der Waals surface area contributed by atoms with E-state index in [0.717, 1.165) is 6.42 Å². The zero-order valence-electron chi connectivity index (χ0n) is 13.4. The van der Waals surface area contributed by atoms with Gasteiger partial charge in [0, 0.05) is 22.6 Å². The number of para-hydroxylation sites is 1. The highest BCUT2D eigenvalue weighted by Gasteiger charge is 2.38. The summed E-state index contributed by atoms with van der Waals surface area (Å²) in [6, 6.07) is 17.8. The predicted octanol–water partition coefficient (Wildman–Crippen LogP) is 4.52. The number of nitrogens with one attached hydrogen (secondary N) is 1. The second-order valence-electron chi connectivity index (χ2n) is 6.99. The highest BCUT2D eigenvalue weighted by Crippen LogP contribution is 2.42. The molecule has 1 aromatic heterocycles. The van der Waals surface area contributed by atoms with E-state index in [1.807, 2.05) is 0 Å². The molecule has 3 aromatic rings. The van der Waals surface area contributed by atoms with Crippen LogP contribution in [0.4, 0.5) is 0 Å². The molecule has 0 saturated carbocycles. The molecule has 0 saturated heterocycles. The van der Waals surface area contributed by atoms with Crippen molar-refractivity contribution < 1.29 is 0 Å². The zero-order chi connectivity index (χ0) is 15.3. The fraction of sp³-hybridized carbons (Fsp3) is 0.300. The van der Waals surface area contributed by atoms with Gasteiger partial charge >= 0.3 is 0 Å². The molecule has 4 rings (SSSR count). The average molecular weight is 290 g/mol. The fourth-order valence-electron chi connectivity index (χ4n) is 3.81. The number of rotatable bonds is 1. The van der Waals surface area contributed by atoms with Crippen LogP contribution in [-0.4, -0.2) is 22.5 Å². The maximum Gasteiger partial charge on any atom is 0.0627 e. The summed E-state index contributed by atoms with van der Waals surface area (Å²) in [6.07, 6.45) is 3.28. The van der Waals surface area contributed by atoms with Crippen molar-refractivity contribution >= 4 is 10.9 Å². The molecule has 1 atom stereocenters. The number of benzene rings is 2. The van der Waals surface area contributed by atoms with E-state index < -0.39 is 0 Å². The molecule has 22 heavy (non-hydrogen) atoms. The molecule has 2 heterocycles. The van der Waals surface area contributed by atoms with Crippen LogP contribution in [-0.2, 0) is 6.42 Å². The van der Waals surface area contributed by atoms with E-state index in [0.29, 0.717) is 6.04 Å². The highest BCUT2D eigenvalue weighted by molar-refractivity contribution is 5.84. The number of aromatic nitrogens is 1. The van der Waals surface area contributed by atoms with Crippen LogP contribution >= 0.6 is 0 Å². The van der Waals surface area contributed by atoms with Crippen molar-refractivity contribution in [3.63, 3.8) is 0 Å². The Morgan fingerprint density at radius 2 is 1.73 bits per heavy atom. The minimum Gasteiger partial charge on any atom is -0.361 e. The Labute approximate surface area is 131 Å².